The standard InChI is InChI=1S/C35H33FN2O5Si/c1-22-32(44(2,3)36)31(19-20-39)43-35(22)26-21-24(17-18-27(26)38(34(35)41)23-11-5-4-6-12-23)37-28-14-8-10-16-30(28)42-29-15-9-7-13-25(29)33(37)40/h4-18,21-22,31-32,39H,19-20H2,1-3H3/t22-,31+,32-,35+/m0/s1. The van der Waals surface area contributed by atoms with Gasteiger partial charge in [-0.3, -0.25) is 19.4 Å². The molecule has 224 valence electrons. The number of hydrogen-bond donors (Lipinski definition) is 1. The molecule has 1 spiro atoms. The largest absolute Gasteiger partial charge is 0.454 e. The van der Waals surface area contributed by atoms with Crippen molar-refractivity contribution in [2.75, 3.05) is 16.4 Å². The van der Waals surface area contributed by atoms with Crippen molar-refractivity contribution in [2.45, 2.75) is 43.7 Å². The van der Waals surface area contributed by atoms with Crippen LogP contribution in [0.15, 0.2) is 97.1 Å². The van der Waals surface area contributed by atoms with Gasteiger partial charge >= 0.3 is 0 Å². The monoisotopic (exact) mass is 608 g/mol. The van der Waals surface area contributed by atoms with Gasteiger partial charge < -0.3 is 18.7 Å². The zero-order valence-corrected chi connectivity index (χ0v) is 25.7. The van der Waals surface area contributed by atoms with Crippen molar-refractivity contribution in [3.05, 3.63) is 108 Å². The van der Waals surface area contributed by atoms with Gasteiger partial charge in [-0.1, -0.05) is 49.4 Å². The SMILES string of the molecule is C[C@H]1[C@H]([Si](C)(C)F)[C@@H](CCO)O[C@]12C(=O)N(c1ccccc1)c1ccc(N3C(=O)c4ccccc4Oc4ccccc43)cc12. The highest BCUT2D eigenvalue weighted by molar-refractivity contribution is 6.72. The Balaban J connectivity index is 1.45. The number of para-hydroxylation sites is 4. The summed E-state index contributed by atoms with van der Waals surface area (Å²) in [5, 5.41) is 9.92. The smallest absolute Gasteiger partial charge is 0.268 e. The first-order valence-corrected chi connectivity index (χ1v) is 17.8. The van der Waals surface area contributed by atoms with Gasteiger partial charge in [-0.2, -0.15) is 0 Å². The third-order valence-electron chi connectivity index (χ3n) is 9.19. The second-order valence-electron chi connectivity index (χ2n) is 12.2. The molecular weight excluding hydrogens is 575 g/mol. The highest BCUT2D eigenvalue weighted by atomic mass is 28.4. The summed E-state index contributed by atoms with van der Waals surface area (Å²) < 4.78 is 29.0. The lowest BCUT2D eigenvalue weighted by atomic mass is 9.82. The summed E-state index contributed by atoms with van der Waals surface area (Å²) in [5.41, 5.74) is 1.29. The van der Waals surface area contributed by atoms with Crippen LogP contribution >= 0.6 is 0 Å². The van der Waals surface area contributed by atoms with Crippen LogP contribution in [0.1, 0.15) is 29.3 Å². The molecule has 4 aromatic rings. The lowest BCUT2D eigenvalue weighted by Gasteiger charge is -2.31. The number of carbonyl (C=O) groups excluding carboxylic acids is 2. The molecule has 1 N–H and O–H groups in total. The molecule has 0 bridgehead atoms. The van der Waals surface area contributed by atoms with E-state index in [1.54, 1.807) is 41.1 Å². The summed E-state index contributed by atoms with van der Waals surface area (Å²) >= 11 is 0. The van der Waals surface area contributed by atoms with Crippen LogP contribution in [0, 0.1) is 5.92 Å². The van der Waals surface area contributed by atoms with E-state index in [0.29, 0.717) is 45.4 Å². The lowest BCUT2D eigenvalue weighted by molar-refractivity contribution is -0.145. The summed E-state index contributed by atoms with van der Waals surface area (Å²) in [4.78, 5) is 32.2. The molecule has 3 aliphatic heterocycles. The van der Waals surface area contributed by atoms with Crippen molar-refractivity contribution in [3.8, 4) is 11.5 Å². The maximum atomic E-state index is 16.0. The zero-order chi connectivity index (χ0) is 30.8. The summed E-state index contributed by atoms with van der Waals surface area (Å²) in [6.45, 7) is 4.97. The van der Waals surface area contributed by atoms with Crippen LogP contribution in [-0.4, -0.2) is 38.0 Å². The van der Waals surface area contributed by atoms with Crippen molar-refractivity contribution in [1.29, 1.82) is 0 Å². The normalized spacial score (nSPS) is 24.2. The molecule has 1 fully saturated rings. The zero-order valence-electron chi connectivity index (χ0n) is 24.7. The highest BCUT2D eigenvalue weighted by Gasteiger charge is 2.67. The average molecular weight is 609 g/mol. The van der Waals surface area contributed by atoms with Gasteiger partial charge in [0.05, 0.1) is 23.0 Å². The molecule has 0 saturated carbocycles. The number of amides is 2. The number of hydrogen-bond acceptors (Lipinski definition) is 5. The molecule has 0 radical (unpaired) electrons. The molecule has 9 heteroatoms. The van der Waals surface area contributed by atoms with E-state index < -0.39 is 31.6 Å². The van der Waals surface area contributed by atoms with Crippen molar-refractivity contribution < 1.29 is 28.3 Å². The minimum Gasteiger partial charge on any atom is -0.454 e. The fourth-order valence-electron chi connectivity index (χ4n) is 7.40. The van der Waals surface area contributed by atoms with Gasteiger partial charge in [0.25, 0.3) is 11.8 Å². The lowest BCUT2D eigenvalue weighted by Crippen LogP contribution is -2.44. The van der Waals surface area contributed by atoms with Crippen LogP contribution in [0.5, 0.6) is 11.5 Å². The second kappa shape index (κ2) is 10.4. The molecule has 2 amide bonds. The van der Waals surface area contributed by atoms with Crippen LogP contribution in [0.25, 0.3) is 0 Å². The Morgan fingerprint density at radius 3 is 2.25 bits per heavy atom. The van der Waals surface area contributed by atoms with E-state index in [-0.39, 0.29) is 24.8 Å². The predicted octanol–water partition coefficient (Wildman–Crippen LogP) is 7.61. The van der Waals surface area contributed by atoms with Crippen LogP contribution < -0.4 is 14.5 Å². The molecule has 7 nitrogen and oxygen atoms in total. The summed E-state index contributed by atoms with van der Waals surface area (Å²) in [5.74, 6) is -0.146. The first-order valence-electron chi connectivity index (χ1n) is 14.9. The molecule has 4 atom stereocenters. The Labute approximate surface area is 256 Å². The molecule has 0 unspecified atom stereocenters. The molecule has 0 aromatic heterocycles. The maximum absolute atomic E-state index is 16.0. The number of aliphatic hydroxyl groups excluding tert-OH is 1. The van der Waals surface area contributed by atoms with Crippen molar-refractivity contribution in [3.63, 3.8) is 0 Å². The van der Waals surface area contributed by atoms with Gasteiger partial charge in [-0.15, -0.1) is 0 Å². The minimum atomic E-state index is -3.37. The van der Waals surface area contributed by atoms with Crippen LogP contribution in [0.3, 0.4) is 0 Å². The van der Waals surface area contributed by atoms with Gasteiger partial charge in [-0.25, -0.2) is 0 Å². The van der Waals surface area contributed by atoms with Crippen molar-refractivity contribution in [2.24, 2.45) is 5.92 Å². The van der Waals surface area contributed by atoms with Crippen molar-refractivity contribution in [1.82, 2.24) is 0 Å². The van der Waals surface area contributed by atoms with Crippen LogP contribution in [0.2, 0.25) is 18.6 Å². The number of nitrogens with zero attached hydrogens (tertiary/aromatic N) is 2. The highest BCUT2D eigenvalue weighted by Crippen LogP contribution is 2.61. The molecule has 3 heterocycles. The Morgan fingerprint density at radius 1 is 0.841 bits per heavy atom. The molecule has 3 aliphatic rings. The third kappa shape index (κ3) is 4.14. The Kier molecular flexibility index (Phi) is 6.73. The summed E-state index contributed by atoms with van der Waals surface area (Å²) in [7, 11) is -3.37. The predicted molar refractivity (Wildman–Crippen MR) is 169 cm³/mol. The van der Waals surface area contributed by atoms with E-state index in [0.717, 1.165) is 0 Å². The first-order chi connectivity index (χ1) is 21.2. The van der Waals surface area contributed by atoms with Crippen LogP contribution in [0.4, 0.5) is 26.9 Å². The van der Waals surface area contributed by atoms with Gasteiger partial charge in [0.2, 0.25) is 8.41 Å². The summed E-state index contributed by atoms with van der Waals surface area (Å²) in [6, 6.07) is 29.2. The van der Waals surface area contributed by atoms with E-state index in [1.165, 1.54) is 0 Å². The fourth-order valence-corrected chi connectivity index (χ4v) is 9.94. The average Bonchev–Trinajstić information content (AvgIpc) is 3.39. The molecule has 44 heavy (non-hydrogen) atoms. The number of fused-ring (bicyclic) bond motifs is 4. The van der Waals surface area contributed by atoms with E-state index in [1.807, 2.05) is 85.8 Å². The maximum Gasteiger partial charge on any atom is 0.268 e. The van der Waals surface area contributed by atoms with Crippen LogP contribution in [-0.2, 0) is 15.1 Å². The fraction of sp³-hybridized carbons (Fsp3) is 0.257. The van der Waals surface area contributed by atoms with Gasteiger partial charge in [0.1, 0.15) is 5.75 Å². The van der Waals surface area contributed by atoms with E-state index in [2.05, 4.69) is 0 Å². The number of halogens is 1. The van der Waals surface area contributed by atoms with Gasteiger partial charge in [-0.05, 0) is 74.1 Å². The Hall–Kier alpha value is -4.31. The number of benzene rings is 4. The van der Waals surface area contributed by atoms with E-state index >= 15 is 4.11 Å². The third-order valence-corrected chi connectivity index (χ3v) is 11.6. The Morgan fingerprint density at radius 2 is 1.52 bits per heavy atom. The topological polar surface area (TPSA) is 79.3 Å². The Bertz CT molecular complexity index is 1780. The van der Waals surface area contributed by atoms with Crippen molar-refractivity contribution >= 4 is 43.0 Å². The minimum absolute atomic E-state index is 0.184. The molecular formula is C35H33FN2O5Si. The number of aliphatic hydroxyl groups is 1. The number of rotatable bonds is 5. The second-order valence-corrected chi connectivity index (χ2v) is 16.0. The number of carbonyl (C=O) groups is 2. The molecule has 1 saturated heterocycles. The number of anilines is 4. The molecule has 7 rings (SSSR count). The van der Waals surface area contributed by atoms with Gasteiger partial charge in [0, 0.05) is 35.0 Å². The molecule has 4 aromatic carbocycles. The quantitative estimate of drug-likeness (QED) is 0.186. The van der Waals surface area contributed by atoms with E-state index in [9.17, 15) is 14.7 Å². The van der Waals surface area contributed by atoms with E-state index in [4.69, 9.17) is 9.47 Å². The van der Waals surface area contributed by atoms with Gasteiger partial charge in [0.15, 0.2) is 11.4 Å². The first kappa shape index (κ1) is 28.5. The number of ether oxygens (including phenoxy) is 2. The summed E-state index contributed by atoms with van der Waals surface area (Å²) in [6.07, 6.45) is -0.421. The molecule has 0 aliphatic carbocycles.